The molecule has 2 N–H and O–H groups in total. The van der Waals surface area contributed by atoms with E-state index in [9.17, 15) is 13.9 Å². The molecule has 2 rings (SSSR count). The molecule has 1 saturated carbocycles. The molecule has 2 unspecified atom stereocenters. The van der Waals surface area contributed by atoms with E-state index < -0.39 is 17.7 Å². The molecule has 1 fully saturated rings. The summed E-state index contributed by atoms with van der Waals surface area (Å²) in [5, 5.41) is 13.0. The van der Waals surface area contributed by atoms with Crippen LogP contribution < -0.4 is 5.32 Å². The third kappa shape index (κ3) is 3.06. The van der Waals surface area contributed by atoms with Crippen molar-refractivity contribution in [1.82, 2.24) is 5.32 Å². The summed E-state index contributed by atoms with van der Waals surface area (Å²) >= 11 is 0. The Morgan fingerprint density at radius 1 is 1.44 bits per heavy atom. The van der Waals surface area contributed by atoms with Crippen LogP contribution in [0.15, 0.2) is 18.2 Å². The Labute approximate surface area is 106 Å². The Hall–Kier alpha value is -1.00. The van der Waals surface area contributed by atoms with E-state index in [0.29, 0.717) is 11.3 Å². The van der Waals surface area contributed by atoms with Gasteiger partial charge >= 0.3 is 0 Å². The highest BCUT2D eigenvalue weighted by molar-refractivity contribution is 5.21. The van der Waals surface area contributed by atoms with Crippen LogP contribution in [-0.2, 0) is 0 Å². The molecule has 1 aliphatic rings. The zero-order valence-electron chi connectivity index (χ0n) is 10.7. The van der Waals surface area contributed by atoms with Gasteiger partial charge in [-0.2, -0.15) is 0 Å². The average molecular weight is 255 g/mol. The fourth-order valence-electron chi connectivity index (χ4n) is 2.20. The largest absolute Gasteiger partial charge is 0.387 e. The fraction of sp³-hybridized carbons (Fsp3) is 0.571. The minimum absolute atomic E-state index is 0.138. The lowest BCUT2D eigenvalue weighted by Crippen LogP contribution is -2.25. The minimum atomic E-state index is -0.938. The van der Waals surface area contributed by atoms with Crippen molar-refractivity contribution in [3.63, 3.8) is 0 Å². The lowest BCUT2D eigenvalue weighted by Gasteiger charge is -2.13. The SMILES string of the molecule is CC1(C)CC1CNCC(O)c1ccc(F)cc1F. The maximum absolute atomic E-state index is 13.4. The van der Waals surface area contributed by atoms with E-state index in [2.05, 4.69) is 19.2 Å². The maximum atomic E-state index is 13.4. The molecule has 0 radical (unpaired) electrons. The van der Waals surface area contributed by atoms with Crippen molar-refractivity contribution in [2.45, 2.75) is 26.4 Å². The van der Waals surface area contributed by atoms with Crippen molar-refractivity contribution in [3.8, 4) is 0 Å². The molecule has 1 aliphatic carbocycles. The third-order valence-corrected chi connectivity index (χ3v) is 3.77. The van der Waals surface area contributed by atoms with Gasteiger partial charge in [-0.15, -0.1) is 0 Å². The molecule has 0 bridgehead atoms. The van der Waals surface area contributed by atoms with Crippen LogP contribution in [0, 0.1) is 23.0 Å². The molecule has 0 saturated heterocycles. The van der Waals surface area contributed by atoms with Crippen molar-refractivity contribution in [2.24, 2.45) is 11.3 Å². The highest BCUT2D eigenvalue weighted by atomic mass is 19.1. The smallest absolute Gasteiger partial charge is 0.131 e. The van der Waals surface area contributed by atoms with Gasteiger partial charge in [0.25, 0.3) is 0 Å². The van der Waals surface area contributed by atoms with Gasteiger partial charge < -0.3 is 10.4 Å². The lowest BCUT2D eigenvalue weighted by molar-refractivity contribution is 0.169. The first-order valence-corrected chi connectivity index (χ1v) is 6.24. The second-order valence-electron chi connectivity index (χ2n) is 5.73. The van der Waals surface area contributed by atoms with Crippen LogP contribution >= 0.6 is 0 Å². The molecule has 0 amide bonds. The molecule has 2 atom stereocenters. The summed E-state index contributed by atoms with van der Waals surface area (Å²) < 4.78 is 26.1. The molecule has 100 valence electrons. The van der Waals surface area contributed by atoms with Gasteiger partial charge in [0.1, 0.15) is 11.6 Å². The highest BCUT2D eigenvalue weighted by Gasteiger charge is 2.44. The van der Waals surface area contributed by atoms with Crippen molar-refractivity contribution in [3.05, 3.63) is 35.4 Å². The van der Waals surface area contributed by atoms with E-state index >= 15 is 0 Å². The zero-order chi connectivity index (χ0) is 13.3. The molecule has 0 aliphatic heterocycles. The van der Waals surface area contributed by atoms with E-state index in [-0.39, 0.29) is 12.1 Å². The van der Waals surface area contributed by atoms with Gasteiger partial charge in [-0.1, -0.05) is 19.9 Å². The molecule has 0 aromatic heterocycles. The van der Waals surface area contributed by atoms with E-state index in [4.69, 9.17) is 0 Å². The van der Waals surface area contributed by atoms with Crippen molar-refractivity contribution in [1.29, 1.82) is 0 Å². The number of benzene rings is 1. The quantitative estimate of drug-likeness (QED) is 0.847. The predicted molar refractivity (Wildman–Crippen MR) is 66.1 cm³/mol. The number of nitrogens with one attached hydrogen (secondary N) is 1. The summed E-state index contributed by atoms with van der Waals surface area (Å²) in [6.45, 7) is 5.52. The van der Waals surface area contributed by atoms with Crippen molar-refractivity contribution in [2.75, 3.05) is 13.1 Å². The zero-order valence-corrected chi connectivity index (χ0v) is 10.7. The topological polar surface area (TPSA) is 32.3 Å². The van der Waals surface area contributed by atoms with Crippen LogP contribution in [0.3, 0.4) is 0 Å². The van der Waals surface area contributed by atoms with E-state index in [0.717, 1.165) is 18.7 Å². The molecule has 0 spiro atoms. The number of aliphatic hydroxyl groups excluding tert-OH is 1. The first-order valence-electron chi connectivity index (χ1n) is 6.24. The van der Waals surface area contributed by atoms with E-state index in [1.807, 2.05) is 0 Å². The summed E-state index contributed by atoms with van der Waals surface area (Å²) in [6.07, 6.45) is 0.244. The molecule has 2 nitrogen and oxygen atoms in total. The van der Waals surface area contributed by atoms with E-state index in [1.54, 1.807) is 0 Å². The number of hydrogen-bond acceptors (Lipinski definition) is 2. The number of halogens is 2. The lowest BCUT2D eigenvalue weighted by atomic mass is 10.1. The Morgan fingerprint density at radius 3 is 2.67 bits per heavy atom. The van der Waals surface area contributed by atoms with Crippen LogP contribution in [0.4, 0.5) is 8.78 Å². The summed E-state index contributed by atoms with van der Waals surface area (Å²) in [7, 11) is 0. The van der Waals surface area contributed by atoms with Crippen molar-refractivity contribution >= 4 is 0 Å². The van der Waals surface area contributed by atoms with Gasteiger partial charge in [-0.05, 0) is 30.4 Å². The molecule has 18 heavy (non-hydrogen) atoms. The highest BCUT2D eigenvalue weighted by Crippen LogP contribution is 2.50. The van der Waals surface area contributed by atoms with Gasteiger partial charge in [-0.3, -0.25) is 0 Å². The number of rotatable bonds is 5. The van der Waals surface area contributed by atoms with Crippen LogP contribution in [-0.4, -0.2) is 18.2 Å². The maximum Gasteiger partial charge on any atom is 0.131 e. The summed E-state index contributed by atoms with van der Waals surface area (Å²) in [6, 6.07) is 3.24. The average Bonchev–Trinajstić information content (AvgIpc) is 2.86. The van der Waals surface area contributed by atoms with Gasteiger partial charge in [-0.25, -0.2) is 8.78 Å². The summed E-state index contributed by atoms with van der Waals surface area (Å²) in [4.78, 5) is 0. The predicted octanol–water partition coefficient (Wildman–Crippen LogP) is 2.63. The molecule has 4 heteroatoms. The molecular weight excluding hydrogens is 236 g/mol. The Bertz CT molecular complexity index is 434. The molecular formula is C14H19F2NO. The molecule has 0 heterocycles. The summed E-state index contributed by atoms with van der Waals surface area (Å²) in [5.74, 6) is -0.699. The van der Waals surface area contributed by atoms with Crippen LogP contribution in [0.2, 0.25) is 0 Å². The van der Waals surface area contributed by atoms with E-state index in [1.165, 1.54) is 12.5 Å². The first-order chi connectivity index (χ1) is 8.40. The third-order valence-electron chi connectivity index (χ3n) is 3.77. The van der Waals surface area contributed by atoms with Crippen LogP contribution in [0.5, 0.6) is 0 Å². The van der Waals surface area contributed by atoms with Gasteiger partial charge in [0.05, 0.1) is 6.10 Å². The van der Waals surface area contributed by atoms with Gasteiger partial charge in [0.2, 0.25) is 0 Å². The Morgan fingerprint density at radius 2 is 2.11 bits per heavy atom. The normalized spacial score (nSPS) is 22.8. The monoisotopic (exact) mass is 255 g/mol. The minimum Gasteiger partial charge on any atom is -0.387 e. The van der Waals surface area contributed by atoms with Crippen molar-refractivity contribution < 1.29 is 13.9 Å². The summed E-state index contributed by atoms with van der Waals surface area (Å²) in [5.41, 5.74) is 0.526. The fourth-order valence-corrected chi connectivity index (χ4v) is 2.20. The second kappa shape index (κ2) is 4.94. The Kier molecular flexibility index (Phi) is 3.69. The molecule has 1 aromatic rings. The first kappa shape index (κ1) is 13.4. The standard InChI is InChI=1S/C14H19F2NO/c1-14(2)6-9(14)7-17-8-13(18)11-4-3-10(15)5-12(11)16/h3-5,9,13,17-18H,6-8H2,1-2H3. The molecule has 1 aromatic carbocycles. The number of aliphatic hydroxyl groups is 1. The number of hydrogen-bond donors (Lipinski definition) is 2. The van der Waals surface area contributed by atoms with Crippen LogP contribution in [0.1, 0.15) is 31.9 Å². The van der Waals surface area contributed by atoms with Gasteiger partial charge in [0, 0.05) is 18.2 Å². The van der Waals surface area contributed by atoms with Gasteiger partial charge in [0.15, 0.2) is 0 Å². The van der Waals surface area contributed by atoms with Crippen LogP contribution in [0.25, 0.3) is 0 Å². The Balaban J connectivity index is 1.82. The second-order valence-corrected chi connectivity index (χ2v) is 5.73.